The van der Waals surface area contributed by atoms with Gasteiger partial charge in [0.2, 0.25) is 10.0 Å². The first-order valence-corrected chi connectivity index (χ1v) is 8.86. The predicted octanol–water partition coefficient (Wildman–Crippen LogP) is 2.39. The summed E-state index contributed by atoms with van der Waals surface area (Å²) in [4.78, 5) is 14.3. The number of hydrogen-bond donors (Lipinski definition) is 1. The number of primary sulfonamides is 1. The lowest BCUT2D eigenvalue weighted by atomic mass is 10.1. The molecule has 1 heterocycles. The van der Waals surface area contributed by atoms with Gasteiger partial charge in [-0.25, -0.2) is 13.6 Å². The molecule has 1 aromatic rings. The van der Waals surface area contributed by atoms with Crippen LogP contribution in [-0.4, -0.2) is 31.8 Å². The maximum absolute atomic E-state index is 12.7. The first-order chi connectivity index (χ1) is 9.80. The summed E-state index contributed by atoms with van der Waals surface area (Å²) in [6.45, 7) is 2.66. The van der Waals surface area contributed by atoms with Crippen molar-refractivity contribution < 1.29 is 13.2 Å². The molecule has 0 spiro atoms. The number of benzene rings is 1. The van der Waals surface area contributed by atoms with Crippen molar-refractivity contribution >= 4 is 27.5 Å². The van der Waals surface area contributed by atoms with E-state index in [4.69, 9.17) is 16.7 Å². The highest BCUT2D eigenvalue weighted by atomic mass is 35.5. The summed E-state index contributed by atoms with van der Waals surface area (Å²) in [7, 11) is -3.86. The van der Waals surface area contributed by atoms with Gasteiger partial charge in [-0.1, -0.05) is 24.4 Å². The molecular weight excluding hydrogens is 312 g/mol. The number of likely N-dealkylation sites (tertiary alicyclic amines) is 1. The minimum atomic E-state index is -3.86. The lowest BCUT2D eigenvalue weighted by Crippen LogP contribution is -2.38. The standard InChI is InChI=1S/C14H19ClN2O3S/c1-10-5-3-2-4-8-17(10)14(18)12-9-11(21(16,19)20)6-7-13(12)15/h6-7,9-10H,2-5,8H2,1H3,(H2,16,19,20). The Hall–Kier alpha value is -1.11. The van der Waals surface area contributed by atoms with Crippen LogP contribution in [0.25, 0.3) is 0 Å². The molecule has 1 saturated heterocycles. The summed E-state index contributed by atoms with van der Waals surface area (Å²) in [5.74, 6) is -0.236. The van der Waals surface area contributed by atoms with Gasteiger partial charge in [-0.3, -0.25) is 4.79 Å². The number of hydrogen-bond acceptors (Lipinski definition) is 3. The van der Waals surface area contributed by atoms with E-state index in [1.807, 2.05) is 6.92 Å². The molecule has 0 bridgehead atoms. The third-order valence-corrected chi connectivity index (χ3v) is 5.05. The second kappa shape index (κ2) is 6.34. The van der Waals surface area contributed by atoms with Crippen molar-refractivity contribution in [2.45, 2.75) is 43.5 Å². The van der Waals surface area contributed by atoms with Gasteiger partial charge in [-0.05, 0) is 38.0 Å². The monoisotopic (exact) mass is 330 g/mol. The molecule has 0 aromatic heterocycles. The van der Waals surface area contributed by atoms with E-state index >= 15 is 0 Å². The van der Waals surface area contributed by atoms with Crippen LogP contribution in [0.4, 0.5) is 0 Å². The Labute approximate surface area is 130 Å². The van der Waals surface area contributed by atoms with Gasteiger partial charge in [-0.2, -0.15) is 0 Å². The van der Waals surface area contributed by atoms with Crippen LogP contribution >= 0.6 is 11.6 Å². The molecule has 1 aromatic carbocycles. The minimum Gasteiger partial charge on any atom is -0.336 e. The molecule has 1 aliphatic heterocycles. The topological polar surface area (TPSA) is 80.5 Å². The Balaban J connectivity index is 2.38. The average Bonchev–Trinajstić information content (AvgIpc) is 2.62. The predicted molar refractivity (Wildman–Crippen MR) is 81.8 cm³/mol. The van der Waals surface area contributed by atoms with Crippen molar-refractivity contribution in [3.05, 3.63) is 28.8 Å². The zero-order valence-corrected chi connectivity index (χ0v) is 13.5. The van der Waals surface area contributed by atoms with Gasteiger partial charge < -0.3 is 4.90 Å². The number of rotatable bonds is 2. The molecular formula is C14H19ClN2O3S. The van der Waals surface area contributed by atoms with E-state index in [-0.39, 0.29) is 27.4 Å². The first kappa shape index (κ1) is 16.3. The summed E-state index contributed by atoms with van der Waals surface area (Å²) < 4.78 is 22.8. The average molecular weight is 331 g/mol. The highest BCUT2D eigenvalue weighted by Crippen LogP contribution is 2.25. The maximum Gasteiger partial charge on any atom is 0.255 e. The Morgan fingerprint density at radius 2 is 2.05 bits per heavy atom. The molecule has 0 saturated carbocycles. The molecule has 1 fully saturated rings. The number of sulfonamides is 1. The van der Waals surface area contributed by atoms with Crippen molar-refractivity contribution in [3.63, 3.8) is 0 Å². The van der Waals surface area contributed by atoms with Gasteiger partial charge in [0.1, 0.15) is 0 Å². The summed E-state index contributed by atoms with van der Waals surface area (Å²) in [5, 5.41) is 5.35. The molecule has 0 aliphatic carbocycles. The molecule has 1 unspecified atom stereocenters. The fourth-order valence-electron chi connectivity index (χ4n) is 2.58. The highest BCUT2D eigenvalue weighted by Gasteiger charge is 2.25. The number of nitrogens with zero attached hydrogens (tertiary/aromatic N) is 1. The van der Waals surface area contributed by atoms with E-state index in [0.29, 0.717) is 6.54 Å². The van der Waals surface area contributed by atoms with E-state index in [1.165, 1.54) is 18.2 Å². The Bertz CT molecular complexity index is 646. The second-order valence-electron chi connectivity index (χ2n) is 5.38. The molecule has 7 heteroatoms. The fourth-order valence-corrected chi connectivity index (χ4v) is 3.31. The molecule has 1 amide bonds. The molecule has 2 N–H and O–H groups in total. The van der Waals surface area contributed by atoms with Crippen LogP contribution in [-0.2, 0) is 10.0 Å². The number of halogens is 1. The fraction of sp³-hybridized carbons (Fsp3) is 0.500. The van der Waals surface area contributed by atoms with Crippen LogP contribution in [0.15, 0.2) is 23.1 Å². The van der Waals surface area contributed by atoms with Gasteiger partial charge in [-0.15, -0.1) is 0 Å². The van der Waals surface area contributed by atoms with Gasteiger partial charge in [0.05, 0.1) is 15.5 Å². The smallest absolute Gasteiger partial charge is 0.255 e. The summed E-state index contributed by atoms with van der Waals surface area (Å²) in [5.41, 5.74) is 0.192. The van der Waals surface area contributed by atoms with Crippen molar-refractivity contribution in [1.82, 2.24) is 4.90 Å². The van der Waals surface area contributed by atoms with Crippen LogP contribution in [0, 0.1) is 0 Å². The third-order valence-electron chi connectivity index (χ3n) is 3.81. The number of amides is 1. The lowest BCUT2D eigenvalue weighted by Gasteiger charge is -2.27. The van der Waals surface area contributed by atoms with E-state index in [0.717, 1.165) is 25.7 Å². The van der Waals surface area contributed by atoms with Gasteiger partial charge in [0, 0.05) is 12.6 Å². The summed E-state index contributed by atoms with van der Waals surface area (Å²) in [6, 6.07) is 4.09. The van der Waals surface area contributed by atoms with Crippen molar-refractivity contribution in [3.8, 4) is 0 Å². The third kappa shape index (κ3) is 3.75. The molecule has 1 atom stereocenters. The zero-order chi connectivity index (χ0) is 15.6. The van der Waals surface area contributed by atoms with E-state index in [9.17, 15) is 13.2 Å². The summed E-state index contributed by atoms with van der Waals surface area (Å²) in [6.07, 6.45) is 4.08. The van der Waals surface area contributed by atoms with Crippen LogP contribution in [0.2, 0.25) is 5.02 Å². The summed E-state index contributed by atoms with van der Waals surface area (Å²) >= 11 is 6.07. The molecule has 21 heavy (non-hydrogen) atoms. The van der Waals surface area contributed by atoms with Crippen molar-refractivity contribution in [1.29, 1.82) is 0 Å². The SMILES string of the molecule is CC1CCCCCN1C(=O)c1cc(S(N)(=O)=O)ccc1Cl. The molecule has 1 aliphatic rings. The van der Waals surface area contributed by atoms with Gasteiger partial charge in [0.25, 0.3) is 5.91 Å². The molecule has 116 valence electrons. The van der Waals surface area contributed by atoms with Crippen LogP contribution < -0.4 is 5.14 Å². The lowest BCUT2D eigenvalue weighted by molar-refractivity contribution is 0.0698. The largest absolute Gasteiger partial charge is 0.336 e. The quantitative estimate of drug-likeness (QED) is 0.904. The molecule has 0 radical (unpaired) electrons. The normalized spacial score (nSPS) is 20.1. The highest BCUT2D eigenvalue weighted by molar-refractivity contribution is 7.89. The minimum absolute atomic E-state index is 0.0993. The number of carbonyl (C=O) groups excluding carboxylic acids is 1. The Kier molecular flexibility index (Phi) is 4.91. The van der Waals surface area contributed by atoms with Crippen molar-refractivity contribution in [2.24, 2.45) is 5.14 Å². The van der Waals surface area contributed by atoms with Crippen molar-refractivity contribution in [2.75, 3.05) is 6.54 Å². The Morgan fingerprint density at radius 3 is 2.71 bits per heavy atom. The van der Waals surface area contributed by atoms with Gasteiger partial charge >= 0.3 is 0 Å². The Morgan fingerprint density at radius 1 is 1.33 bits per heavy atom. The zero-order valence-electron chi connectivity index (χ0n) is 11.9. The molecule has 5 nitrogen and oxygen atoms in total. The maximum atomic E-state index is 12.7. The van der Waals surface area contributed by atoms with Crippen LogP contribution in [0.3, 0.4) is 0 Å². The second-order valence-corrected chi connectivity index (χ2v) is 7.35. The van der Waals surface area contributed by atoms with Crippen LogP contribution in [0.1, 0.15) is 43.0 Å². The number of carbonyl (C=O) groups is 1. The van der Waals surface area contributed by atoms with E-state index in [2.05, 4.69) is 0 Å². The number of nitrogens with two attached hydrogens (primary N) is 1. The van der Waals surface area contributed by atoms with E-state index in [1.54, 1.807) is 4.90 Å². The molecule has 2 rings (SSSR count). The first-order valence-electron chi connectivity index (χ1n) is 6.94. The van der Waals surface area contributed by atoms with Gasteiger partial charge in [0.15, 0.2) is 0 Å². The van der Waals surface area contributed by atoms with E-state index < -0.39 is 10.0 Å². The van der Waals surface area contributed by atoms with Crippen LogP contribution in [0.5, 0.6) is 0 Å².